The molecule has 0 atom stereocenters. The van der Waals surface area contributed by atoms with Crippen LogP contribution in [0.1, 0.15) is 43.0 Å². The van der Waals surface area contributed by atoms with Crippen LogP contribution in [0.3, 0.4) is 0 Å². The minimum Gasteiger partial charge on any atom is -0.393 e. The Bertz CT molecular complexity index is 486. The molecule has 18 heavy (non-hydrogen) atoms. The lowest BCUT2D eigenvalue weighted by Gasteiger charge is -2.31. The predicted molar refractivity (Wildman–Crippen MR) is 65.9 cm³/mol. The van der Waals surface area contributed by atoms with Crippen molar-refractivity contribution in [2.45, 2.75) is 37.7 Å². The van der Waals surface area contributed by atoms with E-state index in [1.54, 1.807) is 6.20 Å². The summed E-state index contributed by atoms with van der Waals surface area (Å²) < 4.78 is 0. The summed E-state index contributed by atoms with van der Waals surface area (Å²) in [5.41, 5.74) is 1.35. The van der Waals surface area contributed by atoms with E-state index in [2.05, 4.69) is 21.4 Å². The summed E-state index contributed by atoms with van der Waals surface area (Å²) in [6, 6.07) is 2.07. The fourth-order valence-corrected chi connectivity index (χ4v) is 2.29. The molecule has 94 valence electrons. The molecule has 2 saturated carbocycles. The van der Waals surface area contributed by atoms with E-state index < -0.39 is 0 Å². The number of aliphatic hydroxyl groups is 1. The molecule has 0 unspecified atom stereocenters. The molecule has 2 fully saturated rings. The zero-order chi connectivity index (χ0) is 12.5. The standard InChI is InChI=1S/C13H16N4O/c14-5-11-13(16-6-8-3-10(18)4-8)17-12(7-15-11)9-1-2-9/h7-10,18H,1-4,6H2,(H,16,17). The summed E-state index contributed by atoms with van der Waals surface area (Å²) in [6.07, 6.45) is 5.60. The molecule has 0 radical (unpaired) electrons. The van der Waals surface area contributed by atoms with Gasteiger partial charge >= 0.3 is 0 Å². The van der Waals surface area contributed by atoms with Gasteiger partial charge in [0.1, 0.15) is 6.07 Å². The number of rotatable bonds is 4. The number of anilines is 1. The molecule has 0 amide bonds. The Labute approximate surface area is 106 Å². The van der Waals surface area contributed by atoms with Crippen molar-refractivity contribution >= 4 is 5.82 Å². The average molecular weight is 244 g/mol. The lowest BCUT2D eigenvalue weighted by atomic mass is 9.82. The van der Waals surface area contributed by atoms with E-state index in [1.807, 2.05) is 0 Å². The van der Waals surface area contributed by atoms with Crippen LogP contribution in [0, 0.1) is 17.2 Å². The van der Waals surface area contributed by atoms with Gasteiger partial charge in [-0.05, 0) is 31.6 Å². The SMILES string of the molecule is N#Cc1ncc(C2CC2)nc1NCC1CC(O)C1. The number of hydrogen-bond donors (Lipinski definition) is 2. The van der Waals surface area contributed by atoms with Crippen molar-refractivity contribution in [2.24, 2.45) is 5.92 Å². The van der Waals surface area contributed by atoms with Crippen LogP contribution in [0.2, 0.25) is 0 Å². The van der Waals surface area contributed by atoms with Crippen molar-refractivity contribution in [1.82, 2.24) is 9.97 Å². The lowest BCUT2D eigenvalue weighted by molar-refractivity contribution is 0.0486. The monoisotopic (exact) mass is 244 g/mol. The van der Waals surface area contributed by atoms with Gasteiger partial charge in [0, 0.05) is 12.5 Å². The van der Waals surface area contributed by atoms with Gasteiger partial charge in [-0.25, -0.2) is 9.97 Å². The van der Waals surface area contributed by atoms with Crippen LogP contribution in [-0.2, 0) is 0 Å². The van der Waals surface area contributed by atoms with Crippen LogP contribution in [0.15, 0.2) is 6.20 Å². The van der Waals surface area contributed by atoms with Gasteiger partial charge in [0.2, 0.25) is 0 Å². The maximum Gasteiger partial charge on any atom is 0.182 e. The first kappa shape index (κ1) is 11.4. The fraction of sp³-hybridized carbons (Fsp3) is 0.615. The van der Waals surface area contributed by atoms with Crippen molar-refractivity contribution in [3.63, 3.8) is 0 Å². The number of nitrogens with one attached hydrogen (secondary N) is 1. The first-order chi connectivity index (χ1) is 8.76. The van der Waals surface area contributed by atoms with E-state index in [9.17, 15) is 5.11 Å². The molecule has 0 saturated heterocycles. The molecule has 5 nitrogen and oxygen atoms in total. The zero-order valence-corrected chi connectivity index (χ0v) is 10.1. The van der Waals surface area contributed by atoms with E-state index in [1.165, 1.54) is 12.8 Å². The first-order valence-corrected chi connectivity index (χ1v) is 6.45. The van der Waals surface area contributed by atoms with Gasteiger partial charge in [-0.1, -0.05) is 0 Å². The third-order valence-corrected chi connectivity index (χ3v) is 3.66. The summed E-state index contributed by atoms with van der Waals surface area (Å²) in [5, 5.41) is 21.4. The number of nitriles is 1. The summed E-state index contributed by atoms with van der Waals surface area (Å²) in [5.74, 6) is 1.62. The van der Waals surface area contributed by atoms with Gasteiger partial charge in [0.15, 0.2) is 11.5 Å². The minimum atomic E-state index is -0.142. The van der Waals surface area contributed by atoms with E-state index >= 15 is 0 Å². The Morgan fingerprint density at radius 1 is 1.44 bits per heavy atom. The van der Waals surface area contributed by atoms with Gasteiger partial charge in [0.25, 0.3) is 0 Å². The topological polar surface area (TPSA) is 81.8 Å². The van der Waals surface area contributed by atoms with Gasteiger partial charge < -0.3 is 10.4 Å². The molecule has 1 aromatic heterocycles. The highest BCUT2D eigenvalue weighted by Gasteiger charge is 2.28. The van der Waals surface area contributed by atoms with E-state index in [0.29, 0.717) is 23.3 Å². The van der Waals surface area contributed by atoms with Crippen LogP contribution in [-0.4, -0.2) is 27.7 Å². The summed E-state index contributed by atoms with van der Waals surface area (Å²) >= 11 is 0. The van der Waals surface area contributed by atoms with Crippen molar-refractivity contribution in [3.8, 4) is 6.07 Å². The maximum atomic E-state index is 9.23. The van der Waals surface area contributed by atoms with Crippen LogP contribution in [0.25, 0.3) is 0 Å². The Morgan fingerprint density at radius 3 is 2.83 bits per heavy atom. The molecule has 2 N–H and O–H groups in total. The molecule has 1 aromatic rings. The molecule has 5 heteroatoms. The van der Waals surface area contributed by atoms with Gasteiger partial charge in [-0.3, -0.25) is 0 Å². The molecular weight excluding hydrogens is 228 g/mol. The van der Waals surface area contributed by atoms with Crippen LogP contribution >= 0.6 is 0 Å². The molecule has 0 bridgehead atoms. The van der Waals surface area contributed by atoms with Crippen molar-refractivity contribution in [1.29, 1.82) is 5.26 Å². The van der Waals surface area contributed by atoms with Crippen LogP contribution in [0.4, 0.5) is 5.82 Å². The molecule has 1 heterocycles. The highest BCUT2D eigenvalue weighted by molar-refractivity contribution is 5.48. The first-order valence-electron chi connectivity index (χ1n) is 6.45. The minimum absolute atomic E-state index is 0.142. The quantitative estimate of drug-likeness (QED) is 0.836. The second-order valence-corrected chi connectivity index (χ2v) is 5.25. The maximum absolute atomic E-state index is 9.23. The largest absolute Gasteiger partial charge is 0.393 e. The number of aliphatic hydroxyl groups excluding tert-OH is 1. The third-order valence-electron chi connectivity index (χ3n) is 3.66. The van der Waals surface area contributed by atoms with Crippen LogP contribution < -0.4 is 5.32 Å². The van der Waals surface area contributed by atoms with Crippen molar-refractivity contribution < 1.29 is 5.11 Å². The Morgan fingerprint density at radius 2 is 2.22 bits per heavy atom. The normalized spacial score (nSPS) is 26.2. The van der Waals surface area contributed by atoms with Crippen molar-refractivity contribution in [3.05, 3.63) is 17.6 Å². The summed E-state index contributed by atoms with van der Waals surface area (Å²) in [4.78, 5) is 8.66. The zero-order valence-electron chi connectivity index (χ0n) is 10.1. The second-order valence-electron chi connectivity index (χ2n) is 5.25. The third kappa shape index (κ3) is 2.29. The smallest absolute Gasteiger partial charge is 0.182 e. The Balaban J connectivity index is 1.68. The van der Waals surface area contributed by atoms with Gasteiger partial charge in [-0.2, -0.15) is 5.26 Å². The highest BCUT2D eigenvalue weighted by Crippen LogP contribution is 2.39. The van der Waals surface area contributed by atoms with Gasteiger partial charge in [-0.15, -0.1) is 0 Å². The second kappa shape index (κ2) is 4.54. The van der Waals surface area contributed by atoms with Crippen molar-refractivity contribution in [2.75, 3.05) is 11.9 Å². The average Bonchev–Trinajstić information content (AvgIpc) is 3.17. The summed E-state index contributed by atoms with van der Waals surface area (Å²) in [7, 11) is 0. The van der Waals surface area contributed by atoms with Gasteiger partial charge in [0.05, 0.1) is 18.0 Å². The number of aromatic nitrogens is 2. The molecular formula is C13H16N4O. The Hall–Kier alpha value is -1.67. The lowest BCUT2D eigenvalue weighted by Crippen LogP contribution is -2.33. The molecule has 0 spiro atoms. The Kier molecular flexibility index (Phi) is 2.88. The molecule has 0 aliphatic heterocycles. The molecule has 2 aliphatic carbocycles. The van der Waals surface area contributed by atoms with Crippen LogP contribution in [0.5, 0.6) is 0 Å². The summed E-state index contributed by atoms with van der Waals surface area (Å²) in [6.45, 7) is 0.758. The van der Waals surface area contributed by atoms with E-state index in [4.69, 9.17) is 5.26 Å². The molecule has 0 aromatic carbocycles. The highest BCUT2D eigenvalue weighted by atomic mass is 16.3. The predicted octanol–water partition coefficient (Wildman–Crippen LogP) is 1.41. The number of nitrogens with zero attached hydrogens (tertiary/aromatic N) is 3. The van der Waals surface area contributed by atoms with E-state index in [0.717, 1.165) is 25.1 Å². The number of hydrogen-bond acceptors (Lipinski definition) is 5. The molecule has 2 aliphatic rings. The fourth-order valence-electron chi connectivity index (χ4n) is 2.29. The van der Waals surface area contributed by atoms with E-state index in [-0.39, 0.29) is 6.10 Å². The molecule has 3 rings (SSSR count).